The molecule has 0 aliphatic carbocycles. The number of hydrogen-bond acceptors (Lipinski definition) is 5. The van der Waals surface area contributed by atoms with Gasteiger partial charge >= 0.3 is 12.0 Å². The number of amides is 3. The van der Waals surface area contributed by atoms with Gasteiger partial charge in [-0.1, -0.05) is 6.07 Å². The smallest absolute Gasteiger partial charge is 0.322 e. The van der Waals surface area contributed by atoms with Crippen molar-refractivity contribution in [1.82, 2.24) is 15.6 Å². The number of nitrogens with one attached hydrogen (secondary N) is 2. The summed E-state index contributed by atoms with van der Waals surface area (Å²) in [6.07, 6.45) is 3.17. The minimum Gasteiger partial charge on any atom is -0.460 e. The van der Waals surface area contributed by atoms with Crippen LogP contribution in [0.3, 0.4) is 0 Å². The molecule has 3 amide bonds. The minimum atomic E-state index is -1.29. The average Bonchev–Trinajstić information content (AvgIpc) is 2.71. The van der Waals surface area contributed by atoms with E-state index in [4.69, 9.17) is 4.74 Å². The number of hydrogen-bond donors (Lipinski definition) is 2. The molecule has 1 aliphatic heterocycles. The first-order valence-corrected chi connectivity index (χ1v) is 6.99. The van der Waals surface area contributed by atoms with E-state index in [1.165, 1.54) is 6.20 Å². The van der Waals surface area contributed by atoms with E-state index in [-0.39, 0.29) is 12.8 Å². The predicted molar refractivity (Wildman–Crippen MR) is 77.7 cm³/mol. The van der Waals surface area contributed by atoms with Crippen molar-refractivity contribution >= 4 is 17.9 Å². The molecule has 0 saturated carbocycles. The molecular weight excluding hydrogens is 286 g/mol. The van der Waals surface area contributed by atoms with Gasteiger partial charge in [-0.2, -0.15) is 0 Å². The van der Waals surface area contributed by atoms with Gasteiger partial charge in [0, 0.05) is 24.4 Å². The molecule has 1 aromatic rings. The molecule has 7 heteroatoms. The molecule has 2 N–H and O–H groups in total. The first-order valence-electron chi connectivity index (χ1n) is 6.99. The van der Waals surface area contributed by atoms with Crippen LogP contribution in [-0.2, 0) is 19.9 Å². The van der Waals surface area contributed by atoms with Crippen LogP contribution in [0.4, 0.5) is 4.79 Å². The summed E-state index contributed by atoms with van der Waals surface area (Å²) in [6, 6.07) is 2.77. The number of nitrogens with zero attached hydrogens (tertiary/aromatic N) is 1. The number of imide groups is 1. The molecule has 1 unspecified atom stereocenters. The maximum absolute atomic E-state index is 12.2. The highest BCUT2D eigenvalue weighted by Gasteiger charge is 2.48. The summed E-state index contributed by atoms with van der Waals surface area (Å²) in [4.78, 5) is 39.6. The van der Waals surface area contributed by atoms with Gasteiger partial charge in [-0.25, -0.2) is 4.79 Å². The molecular formula is C15H19N3O4. The summed E-state index contributed by atoms with van der Waals surface area (Å²) in [7, 11) is 0. The zero-order chi connectivity index (χ0) is 16.4. The summed E-state index contributed by atoms with van der Waals surface area (Å²) in [5.74, 6) is -0.918. The monoisotopic (exact) mass is 305 g/mol. The van der Waals surface area contributed by atoms with E-state index in [1.807, 2.05) is 0 Å². The first-order chi connectivity index (χ1) is 10.2. The fourth-order valence-electron chi connectivity index (χ4n) is 2.31. The largest absolute Gasteiger partial charge is 0.460 e. The third kappa shape index (κ3) is 3.41. The van der Waals surface area contributed by atoms with Crippen molar-refractivity contribution in [1.29, 1.82) is 0 Å². The number of esters is 1. The van der Waals surface area contributed by atoms with Crippen molar-refractivity contribution in [3.63, 3.8) is 0 Å². The normalized spacial score (nSPS) is 21.2. The van der Waals surface area contributed by atoms with Gasteiger partial charge in [-0.15, -0.1) is 0 Å². The molecule has 118 valence electrons. The van der Waals surface area contributed by atoms with Crippen molar-refractivity contribution in [3.05, 3.63) is 30.1 Å². The lowest BCUT2D eigenvalue weighted by Gasteiger charge is -2.26. The number of aromatic nitrogens is 1. The van der Waals surface area contributed by atoms with Crippen LogP contribution >= 0.6 is 0 Å². The van der Waals surface area contributed by atoms with Gasteiger partial charge in [-0.05, 0) is 33.3 Å². The minimum absolute atomic E-state index is 0.000135. The maximum atomic E-state index is 12.2. The Bertz CT molecular complexity index is 595. The number of urea groups is 1. The predicted octanol–water partition coefficient (Wildman–Crippen LogP) is 1.24. The zero-order valence-corrected chi connectivity index (χ0v) is 12.8. The van der Waals surface area contributed by atoms with Crippen LogP contribution in [0.1, 0.15) is 39.2 Å². The van der Waals surface area contributed by atoms with Gasteiger partial charge in [0.15, 0.2) is 0 Å². The topological polar surface area (TPSA) is 97.4 Å². The Morgan fingerprint density at radius 3 is 2.59 bits per heavy atom. The van der Waals surface area contributed by atoms with Crippen LogP contribution in [0.2, 0.25) is 0 Å². The van der Waals surface area contributed by atoms with E-state index in [0.29, 0.717) is 5.56 Å². The maximum Gasteiger partial charge on any atom is 0.322 e. The molecule has 1 saturated heterocycles. The molecule has 0 aromatic carbocycles. The van der Waals surface area contributed by atoms with Gasteiger partial charge in [0.1, 0.15) is 11.1 Å². The molecule has 1 fully saturated rings. The number of pyridine rings is 1. The molecule has 7 nitrogen and oxygen atoms in total. The third-order valence-electron chi connectivity index (χ3n) is 3.22. The molecule has 0 bridgehead atoms. The Morgan fingerprint density at radius 2 is 2.09 bits per heavy atom. The Balaban J connectivity index is 2.19. The Hall–Kier alpha value is -2.44. The molecule has 0 spiro atoms. The Labute approximate surface area is 128 Å². The van der Waals surface area contributed by atoms with Gasteiger partial charge in [0.25, 0.3) is 5.91 Å². The zero-order valence-electron chi connectivity index (χ0n) is 12.8. The molecule has 1 aliphatic rings. The van der Waals surface area contributed by atoms with Crippen molar-refractivity contribution in [2.75, 3.05) is 0 Å². The average molecular weight is 305 g/mol. The molecule has 2 heterocycles. The van der Waals surface area contributed by atoms with E-state index in [0.717, 1.165) is 0 Å². The lowest BCUT2D eigenvalue weighted by Crippen LogP contribution is -2.44. The summed E-state index contributed by atoms with van der Waals surface area (Å²) in [5.41, 5.74) is -1.36. The van der Waals surface area contributed by atoms with E-state index < -0.39 is 29.0 Å². The highest BCUT2D eigenvalue weighted by molar-refractivity contribution is 6.07. The van der Waals surface area contributed by atoms with E-state index >= 15 is 0 Å². The first kappa shape index (κ1) is 15.9. The van der Waals surface area contributed by atoms with Gasteiger partial charge in [-0.3, -0.25) is 19.9 Å². The van der Waals surface area contributed by atoms with Crippen molar-refractivity contribution in [3.8, 4) is 0 Å². The van der Waals surface area contributed by atoms with Gasteiger partial charge < -0.3 is 10.1 Å². The second-order valence-electron chi connectivity index (χ2n) is 6.14. The number of carbonyl (C=O) groups is 3. The van der Waals surface area contributed by atoms with E-state index in [1.54, 1.807) is 39.1 Å². The van der Waals surface area contributed by atoms with Crippen LogP contribution in [0, 0.1) is 0 Å². The van der Waals surface area contributed by atoms with Crippen molar-refractivity contribution < 1.29 is 19.1 Å². The molecule has 0 radical (unpaired) electrons. The highest BCUT2D eigenvalue weighted by atomic mass is 16.6. The molecule has 1 atom stereocenters. The number of rotatable bonds is 4. The summed E-state index contributed by atoms with van der Waals surface area (Å²) in [5, 5.41) is 4.81. The Morgan fingerprint density at radius 1 is 1.36 bits per heavy atom. The van der Waals surface area contributed by atoms with Crippen LogP contribution in [0.15, 0.2) is 24.5 Å². The van der Waals surface area contributed by atoms with Crippen LogP contribution in [0.5, 0.6) is 0 Å². The fraction of sp³-hybridized carbons (Fsp3) is 0.467. The van der Waals surface area contributed by atoms with Crippen LogP contribution in [0.25, 0.3) is 0 Å². The second-order valence-corrected chi connectivity index (χ2v) is 6.14. The lowest BCUT2D eigenvalue weighted by molar-refractivity contribution is -0.155. The van der Waals surface area contributed by atoms with Gasteiger partial charge in [0.2, 0.25) is 0 Å². The number of ether oxygens (including phenoxy) is 1. The molecule has 22 heavy (non-hydrogen) atoms. The SMILES string of the molecule is CC(C)(C)OC(=O)CCC1(c2cccnc2)NC(=O)NC1=O. The summed E-state index contributed by atoms with van der Waals surface area (Å²) in [6.45, 7) is 5.31. The van der Waals surface area contributed by atoms with Gasteiger partial charge in [0.05, 0.1) is 0 Å². The van der Waals surface area contributed by atoms with E-state index in [9.17, 15) is 14.4 Å². The standard InChI is InChI=1S/C15H19N3O4/c1-14(2,3)22-11(19)6-7-15(10-5-4-8-16-9-10)12(20)17-13(21)18-15/h4-5,8-9H,6-7H2,1-3H3,(H2,17,18,20,21). The highest BCUT2D eigenvalue weighted by Crippen LogP contribution is 2.30. The summed E-state index contributed by atoms with van der Waals surface area (Å²) < 4.78 is 5.24. The quantitative estimate of drug-likeness (QED) is 0.644. The Kier molecular flexibility index (Phi) is 4.16. The third-order valence-corrected chi connectivity index (χ3v) is 3.22. The van der Waals surface area contributed by atoms with E-state index in [2.05, 4.69) is 15.6 Å². The van der Waals surface area contributed by atoms with Crippen LogP contribution in [-0.4, -0.2) is 28.5 Å². The van der Waals surface area contributed by atoms with Crippen LogP contribution < -0.4 is 10.6 Å². The molecule has 1 aromatic heterocycles. The van der Waals surface area contributed by atoms with Crippen molar-refractivity contribution in [2.45, 2.75) is 44.8 Å². The second kappa shape index (κ2) is 5.75. The lowest BCUT2D eigenvalue weighted by atomic mass is 9.86. The summed E-state index contributed by atoms with van der Waals surface area (Å²) >= 11 is 0. The molecule has 2 rings (SSSR count). The van der Waals surface area contributed by atoms with Crippen molar-refractivity contribution in [2.24, 2.45) is 0 Å². The fourth-order valence-corrected chi connectivity index (χ4v) is 2.31. The number of carbonyl (C=O) groups excluding carboxylic acids is 3.